The molecule has 0 aromatic heterocycles. The fraction of sp³-hybridized carbons (Fsp3) is 0.688. The first-order valence-electron chi connectivity index (χ1n) is 7.23. The van der Waals surface area contributed by atoms with E-state index in [9.17, 15) is 4.79 Å². The quantitative estimate of drug-likeness (QED) is 0.578. The highest BCUT2D eigenvalue weighted by Crippen LogP contribution is 2.10. The van der Waals surface area contributed by atoms with Crippen LogP contribution in [-0.4, -0.2) is 5.78 Å². The molecule has 0 unspecified atom stereocenters. The number of hydrogen-bond acceptors (Lipinski definition) is 1. The van der Waals surface area contributed by atoms with Gasteiger partial charge in [0.05, 0.1) is 0 Å². The molecule has 0 aromatic rings. The lowest BCUT2D eigenvalue weighted by atomic mass is 10.0. The van der Waals surface area contributed by atoms with E-state index in [2.05, 4.69) is 24.3 Å². The molecule has 1 heteroatoms. The summed E-state index contributed by atoms with van der Waals surface area (Å²) >= 11 is 0. The molecule has 96 valence electrons. The van der Waals surface area contributed by atoms with Crippen molar-refractivity contribution in [2.24, 2.45) is 0 Å². The van der Waals surface area contributed by atoms with Crippen LogP contribution in [0.3, 0.4) is 0 Å². The van der Waals surface area contributed by atoms with Gasteiger partial charge in [-0.25, -0.2) is 0 Å². The van der Waals surface area contributed by atoms with Crippen LogP contribution in [-0.2, 0) is 4.79 Å². The Morgan fingerprint density at radius 1 is 0.647 bits per heavy atom. The fourth-order valence-corrected chi connectivity index (χ4v) is 2.17. The molecule has 0 radical (unpaired) electrons. The van der Waals surface area contributed by atoms with Crippen molar-refractivity contribution in [2.45, 2.75) is 70.6 Å². The van der Waals surface area contributed by atoms with Gasteiger partial charge in [0, 0.05) is 12.8 Å². The van der Waals surface area contributed by atoms with Crippen molar-refractivity contribution in [1.82, 2.24) is 0 Å². The summed E-state index contributed by atoms with van der Waals surface area (Å²) in [6.45, 7) is 0. The van der Waals surface area contributed by atoms with Crippen LogP contribution < -0.4 is 0 Å². The van der Waals surface area contributed by atoms with Crippen molar-refractivity contribution < 1.29 is 4.79 Å². The predicted molar refractivity (Wildman–Crippen MR) is 74.1 cm³/mol. The van der Waals surface area contributed by atoms with Crippen molar-refractivity contribution in [1.29, 1.82) is 0 Å². The zero-order valence-electron chi connectivity index (χ0n) is 11.0. The molecule has 1 aliphatic carbocycles. The van der Waals surface area contributed by atoms with Gasteiger partial charge in [-0.1, -0.05) is 43.6 Å². The van der Waals surface area contributed by atoms with Crippen LogP contribution in [0, 0.1) is 0 Å². The number of ketones is 1. The molecule has 0 N–H and O–H groups in total. The Kier molecular flexibility index (Phi) is 8.62. The Morgan fingerprint density at radius 2 is 1.12 bits per heavy atom. The van der Waals surface area contributed by atoms with Gasteiger partial charge in [-0.05, 0) is 38.5 Å². The van der Waals surface area contributed by atoms with Gasteiger partial charge < -0.3 is 0 Å². The number of Topliss-reactive ketones (excluding diaryl/α,β-unsaturated/α-hetero) is 1. The van der Waals surface area contributed by atoms with Crippen LogP contribution in [0.15, 0.2) is 24.3 Å². The average Bonchev–Trinajstić information content (AvgIpc) is 2.32. The van der Waals surface area contributed by atoms with Crippen molar-refractivity contribution >= 4 is 5.78 Å². The molecule has 1 aliphatic rings. The molecular formula is C16H26O. The zero-order valence-corrected chi connectivity index (χ0v) is 11.0. The van der Waals surface area contributed by atoms with Gasteiger partial charge in [0.2, 0.25) is 0 Å². The Hall–Kier alpha value is -0.850. The molecule has 1 nitrogen and oxygen atoms in total. The number of rotatable bonds is 0. The summed E-state index contributed by atoms with van der Waals surface area (Å²) in [7, 11) is 0. The maximum Gasteiger partial charge on any atom is 0.132 e. The Labute approximate surface area is 106 Å². The molecule has 0 heterocycles. The first-order chi connectivity index (χ1) is 8.39. The van der Waals surface area contributed by atoms with E-state index in [1.54, 1.807) is 0 Å². The fourth-order valence-electron chi connectivity index (χ4n) is 2.17. The molecule has 0 bridgehead atoms. The zero-order chi connectivity index (χ0) is 12.2. The largest absolute Gasteiger partial charge is 0.300 e. The van der Waals surface area contributed by atoms with Gasteiger partial charge in [0.1, 0.15) is 5.78 Å². The average molecular weight is 234 g/mol. The summed E-state index contributed by atoms with van der Waals surface area (Å²) in [5, 5.41) is 0. The van der Waals surface area contributed by atoms with E-state index in [0.29, 0.717) is 5.78 Å². The molecular weight excluding hydrogens is 208 g/mol. The first kappa shape index (κ1) is 14.2. The molecule has 0 spiro atoms. The molecule has 17 heavy (non-hydrogen) atoms. The molecule has 0 atom stereocenters. The maximum atomic E-state index is 11.6. The van der Waals surface area contributed by atoms with E-state index < -0.39 is 0 Å². The standard InChI is InChI=1S/C16H26O/c17-16-14-12-10-8-6-4-2-1-3-5-7-9-11-13-15-16/h1-4H,5-15H2/b3-1-,4-2-. The summed E-state index contributed by atoms with van der Waals surface area (Å²) in [5.41, 5.74) is 0. The number of carbonyl (C=O) groups is 1. The SMILES string of the molecule is O=C1CCCCC/C=C\C=C/CCCCCC1. The van der Waals surface area contributed by atoms with Crippen molar-refractivity contribution in [3.05, 3.63) is 24.3 Å². The normalized spacial score (nSPS) is 25.3. The topological polar surface area (TPSA) is 17.1 Å². The van der Waals surface area contributed by atoms with Gasteiger partial charge >= 0.3 is 0 Å². The molecule has 0 saturated heterocycles. The van der Waals surface area contributed by atoms with Crippen molar-refractivity contribution in [2.75, 3.05) is 0 Å². The molecule has 0 aliphatic heterocycles. The Balaban J connectivity index is 2.25. The molecule has 0 amide bonds. The summed E-state index contributed by atoms with van der Waals surface area (Å²) in [4.78, 5) is 11.6. The van der Waals surface area contributed by atoms with E-state index in [0.717, 1.165) is 32.1 Å². The third-order valence-electron chi connectivity index (χ3n) is 3.29. The second-order valence-corrected chi connectivity index (χ2v) is 4.95. The number of allylic oxidation sites excluding steroid dienone is 4. The minimum atomic E-state index is 0.479. The first-order valence-corrected chi connectivity index (χ1v) is 7.23. The van der Waals surface area contributed by atoms with Crippen molar-refractivity contribution in [3.63, 3.8) is 0 Å². The highest BCUT2D eigenvalue weighted by molar-refractivity contribution is 5.78. The van der Waals surface area contributed by atoms with Crippen molar-refractivity contribution in [3.8, 4) is 0 Å². The minimum absolute atomic E-state index is 0.479. The van der Waals surface area contributed by atoms with Crippen LogP contribution in [0.1, 0.15) is 70.6 Å². The second-order valence-electron chi connectivity index (χ2n) is 4.95. The van der Waals surface area contributed by atoms with E-state index in [-0.39, 0.29) is 0 Å². The van der Waals surface area contributed by atoms with E-state index in [4.69, 9.17) is 0 Å². The molecule has 0 saturated carbocycles. The van der Waals surface area contributed by atoms with Crippen LogP contribution in [0.25, 0.3) is 0 Å². The summed E-state index contributed by atoms with van der Waals surface area (Å²) in [6, 6.07) is 0. The van der Waals surface area contributed by atoms with Gasteiger partial charge in [0.25, 0.3) is 0 Å². The summed E-state index contributed by atoms with van der Waals surface area (Å²) in [5.74, 6) is 0.479. The van der Waals surface area contributed by atoms with E-state index in [1.165, 1.54) is 38.5 Å². The Bertz CT molecular complexity index is 250. The summed E-state index contributed by atoms with van der Waals surface area (Å²) in [6.07, 6.45) is 21.1. The maximum absolute atomic E-state index is 11.6. The van der Waals surface area contributed by atoms with Gasteiger partial charge in [-0.2, -0.15) is 0 Å². The Morgan fingerprint density at radius 3 is 1.71 bits per heavy atom. The van der Waals surface area contributed by atoms with Gasteiger partial charge in [-0.15, -0.1) is 0 Å². The lowest BCUT2D eigenvalue weighted by Gasteiger charge is -2.02. The lowest BCUT2D eigenvalue weighted by molar-refractivity contribution is -0.119. The van der Waals surface area contributed by atoms with E-state index >= 15 is 0 Å². The second kappa shape index (κ2) is 10.3. The van der Waals surface area contributed by atoms with Crippen LogP contribution >= 0.6 is 0 Å². The number of hydrogen-bond donors (Lipinski definition) is 0. The third-order valence-corrected chi connectivity index (χ3v) is 3.29. The van der Waals surface area contributed by atoms with Crippen LogP contribution in [0.2, 0.25) is 0 Å². The highest BCUT2D eigenvalue weighted by Gasteiger charge is 2.01. The smallest absolute Gasteiger partial charge is 0.132 e. The molecule has 1 rings (SSSR count). The van der Waals surface area contributed by atoms with Crippen LogP contribution in [0.4, 0.5) is 0 Å². The van der Waals surface area contributed by atoms with Gasteiger partial charge in [-0.3, -0.25) is 4.79 Å². The predicted octanol–water partition coefficient (Wildman–Crippen LogP) is 4.97. The monoisotopic (exact) mass is 234 g/mol. The number of carbonyl (C=O) groups excluding carboxylic acids is 1. The lowest BCUT2D eigenvalue weighted by Crippen LogP contribution is -1.97. The molecule has 0 fully saturated rings. The van der Waals surface area contributed by atoms with Crippen LogP contribution in [0.5, 0.6) is 0 Å². The van der Waals surface area contributed by atoms with Gasteiger partial charge in [0.15, 0.2) is 0 Å². The third kappa shape index (κ3) is 8.91. The highest BCUT2D eigenvalue weighted by atomic mass is 16.1. The minimum Gasteiger partial charge on any atom is -0.300 e. The summed E-state index contributed by atoms with van der Waals surface area (Å²) < 4.78 is 0. The van der Waals surface area contributed by atoms with E-state index in [1.807, 2.05) is 0 Å². The molecule has 0 aromatic carbocycles.